The summed E-state index contributed by atoms with van der Waals surface area (Å²) in [7, 11) is 3.78. The molecule has 4 aromatic rings. The van der Waals surface area contributed by atoms with Crippen LogP contribution >= 0.6 is 0 Å². The van der Waals surface area contributed by atoms with E-state index in [2.05, 4.69) is 49.9 Å². The van der Waals surface area contributed by atoms with Gasteiger partial charge in [-0.05, 0) is 55.1 Å². The molecule has 0 unspecified atom stereocenters. The van der Waals surface area contributed by atoms with E-state index in [4.69, 9.17) is 19.6 Å². The summed E-state index contributed by atoms with van der Waals surface area (Å²) < 4.78 is 7.53. The maximum Gasteiger partial charge on any atom is 0.300 e. The summed E-state index contributed by atoms with van der Waals surface area (Å²) >= 11 is 0. The minimum absolute atomic E-state index is 0.833. The number of aryl methyl sites for hydroxylation is 3. The first-order valence-electron chi connectivity index (χ1n) is 8.35. The molecule has 0 bridgehead atoms. The Kier molecular flexibility index (Phi) is 4.55. The molecule has 0 aliphatic heterocycles. The standard InChI is InChI=1S/C19H18N2O.C2H4O2/c1-11-14-7-8-21(3)12(2)15(14)10-17-16-9-13(22-4)5-6-18(16)20-19(11)17;1-2(3)4/h5-10H,1-4H3;1H3,(H,3,4). The third-order valence-electron chi connectivity index (χ3n) is 4.70. The molecule has 0 amide bonds. The van der Waals surface area contributed by atoms with Crippen molar-refractivity contribution in [2.24, 2.45) is 7.05 Å². The average Bonchev–Trinajstić information content (AvgIpc) is 2.96. The summed E-state index contributed by atoms with van der Waals surface area (Å²) in [6, 6.07) is 10.5. The molecule has 134 valence electrons. The van der Waals surface area contributed by atoms with Crippen LogP contribution in [0.3, 0.4) is 0 Å². The Labute approximate surface area is 151 Å². The van der Waals surface area contributed by atoms with Crippen LogP contribution in [0.5, 0.6) is 5.75 Å². The highest BCUT2D eigenvalue weighted by Crippen LogP contribution is 2.35. The fourth-order valence-electron chi connectivity index (χ4n) is 3.25. The molecule has 0 fully saturated rings. The Morgan fingerprint density at radius 1 is 1.08 bits per heavy atom. The van der Waals surface area contributed by atoms with Gasteiger partial charge in [0.15, 0.2) is 0 Å². The normalized spacial score (nSPS) is 10.8. The average molecular weight is 350 g/mol. The highest BCUT2D eigenvalue weighted by molar-refractivity contribution is 6.14. The van der Waals surface area contributed by atoms with E-state index in [-0.39, 0.29) is 0 Å². The van der Waals surface area contributed by atoms with Crippen LogP contribution in [0, 0.1) is 13.8 Å². The van der Waals surface area contributed by atoms with Gasteiger partial charge in [0.25, 0.3) is 5.97 Å². The van der Waals surface area contributed by atoms with E-state index in [9.17, 15) is 0 Å². The fourth-order valence-corrected chi connectivity index (χ4v) is 3.25. The molecule has 0 radical (unpaired) electrons. The summed E-state index contributed by atoms with van der Waals surface area (Å²) in [5, 5.41) is 12.3. The Bertz CT molecular complexity index is 1140. The third-order valence-corrected chi connectivity index (χ3v) is 4.70. The van der Waals surface area contributed by atoms with Crippen LogP contribution in [0.2, 0.25) is 0 Å². The molecule has 0 aliphatic rings. The number of rotatable bonds is 1. The molecule has 0 aliphatic carbocycles. The van der Waals surface area contributed by atoms with E-state index < -0.39 is 5.97 Å². The summed E-state index contributed by atoms with van der Waals surface area (Å²) in [4.78, 5) is 13.8. The molecule has 0 spiro atoms. The van der Waals surface area contributed by atoms with Gasteiger partial charge in [-0.25, -0.2) is 4.98 Å². The van der Waals surface area contributed by atoms with Crippen molar-refractivity contribution >= 4 is 38.5 Å². The highest BCUT2D eigenvalue weighted by Gasteiger charge is 2.13. The smallest absolute Gasteiger partial charge is 0.300 e. The van der Waals surface area contributed by atoms with Crippen LogP contribution in [0.15, 0.2) is 36.5 Å². The summed E-state index contributed by atoms with van der Waals surface area (Å²) in [5.74, 6) is 0.0369. The molecule has 4 rings (SSSR count). The number of methoxy groups -OCH3 is 1. The van der Waals surface area contributed by atoms with Crippen molar-refractivity contribution in [3.05, 3.63) is 47.8 Å². The second-order valence-corrected chi connectivity index (χ2v) is 6.38. The van der Waals surface area contributed by atoms with Crippen molar-refractivity contribution in [2.45, 2.75) is 20.8 Å². The van der Waals surface area contributed by atoms with Crippen molar-refractivity contribution in [3.63, 3.8) is 0 Å². The van der Waals surface area contributed by atoms with Gasteiger partial charge in [-0.2, -0.15) is 0 Å². The predicted molar refractivity (Wildman–Crippen MR) is 105 cm³/mol. The molecule has 2 aromatic carbocycles. The zero-order chi connectivity index (χ0) is 19.0. The number of nitrogens with zero attached hydrogens (tertiary/aromatic N) is 2. The molecule has 5 heteroatoms. The Hall–Kier alpha value is -3.08. The number of benzene rings is 2. The zero-order valence-electron chi connectivity index (χ0n) is 15.6. The Morgan fingerprint density at radius 3 is 2.42 bits per heavy atom. The van der Waals surface area contributed by atoms with Crippen LogP contribution in [0.1, 0.15) is 18.2 Å². The molecule has 2 heterocycles. The first kappa shape index (κ1) is 17.7. The number of ether oxygens (including phenoxy) is 1. The van der Waals surface area contributed by atoms with Crippen LogP contribution in [0.25, 0.3) is 32.6 Å². The Morgan fingerprint density at radius 2 is 1.77 bits per heavy atom. The maximum absolute atomic E-state index is 9.00. The quantitative estimate of drug-likeness (QED) is 0.545. The monoisotopic (exact) mass is 350 g/mol. The van der Waals surface area contributed by atoms with Gasteiger partial charge in [-0.1, -0.05) is 0 Å². The van der Waals surface area contributed by atoms with E-state index in [1.165, 1.54) is 27.4 Å². The largest absolute Gasteiger partial charge is 0.497 e. The van der Waals surface area contributed by atoms with Crippen molar-refractivity contribution < 1.29 is 14.6 Å². The first-order valence-corrected chi connectivity index (χ1v) is 8.35. The van der Waals surface area contributed by atoms with E-state index >= 15 is 0 Å². The molecule has 5 nitrogen and oxygen atoms in total. The van der Waals surface area contributed by atoms with Gasteiger partial charge < -0.3 is 14.4 Å². The zero-order valence-corrected chi connectivity index (χ0v) is 15.6. The summed E-state index contributed by atoms with van der Waals surface area (Å²) in [6.07, 6.45) is 2.11. The number of carboxylic acids is 1. The van der Waals surface area contributed by atoms with Crippen LogP contribution in [0.4, 0.5) is 0 Å². The maximum atomic E-state index is 9.00. The number of aliphatic carboxylic acids is 1. The van der Waals surface area contributed by atoms with Gasteiger partial charge >= 0.3 is 0 Å². The molecule has 0 atom stereocenters. The molecule has 0 saturated carbocycles. The third kappa shape index (κ3) is 2.96. The van der Waals surface area contributed by atoms with Crippen molar-refractivity contribution in [3.8, 4) is 5.75 Å². The number of carboxylic acid groups (broad SMARTS) is 1. The van der Waals surface area contributed by atoms with Gasteiger partial charge in [-0.3, -0.25) is 4.79 Å². The minimum atomic E-state index is -0.833. The second-order valence-electron chi connectivity index (χ2n) is 6.38. The van der Waals surface area contributed by atoms with Crippen LogP contribution in [-0.4, -0.2) is 27.7 Å². The molecule has 2 aromatic heterocycles. The van der Waals surface area contributed by atoms with Crippen molar-refractivity contribution in [2.75, 3.05) is 7.11 Å². The van der Waals surface area contributed by atoms with Gasteiger partial charge in [0, 0.05) is 42.0 Å². The lowest BCUT2D eigenvalue weighted by atomic mass is 10.0. The number of hydrogen-bond donors (Lipinski definition) is 1. The van der Waals surface area contributed by atoms with Crippen molar-refractivity contribution in [1.82, 2.24) is 9.55 Å². The number of hydrogen-bond acceptors (Lipinski definition) is 3. The molecular weight excluding hydrogens is 328 g/mol. The van der Waals surface area contributed by atoms with Crippen molar-refractivity contribution in [1.29, 1.82) is 0 Å². The highest BCUT2D eigenvalue weighted by atomic mass is 16.5. The van der Waals surface area contributed by atoms with E-state index in [0.29, 0.717) is 0 Å². The van der Waals surface area contributed by atoms with E-state index in [1.54, 1.807) is 7.11 Å². The lowest BCUT2D eigenvalue weighted by Crippen LogP contribution is -1.97. The number of aromatic nitrogens is 2. The van der Waals surface area contributed by atoms with Gasteiger partial charge in [0.1, 0.15) is 5.75 Å². The number of pyridine rings is 1. The van der Waals surface area contributed by atoms with Gasteiger partial charge in [0.2, 0.25) is 0 Å². The summed E-state index contributed by atoms with van der Waals surface area (Å²) in [5.41, 5.74) is 4.62. The van der Waals surface area contributed by atoms with Gasteiger partial charge in [0.05, 0.1) is 18.1 Å². The molecule has 1 N–H and O–H groups in total. The molecule has 26 heavy (non-hydrogen) atoms. The predicted octanol–water partition coefficient (Wildman–Crippen LogP) is 4.60. The lowest BCUT2D eigenvalue weighted by molar-refractivity contribution is -0.134. The minimum Gasteiger partial charge on any atom is -0.497 e. The lowest BCUT2D eigenvalue weighted by Gasteiger charge is -2.11. The van der Waals surface area contributed by atoms with E-state index in [1.807, 2.05) is 12.1 Å². The topological polar surface area (TPSA) is 64.3 Å². The second kappa shape index (κ2) is 6.67. The first-order chi connectivity index (χ1) is 12.3. The van der Waals surface area contributed by atoms with Gasteiger partial charge in [-0.15, -0.1) is 0 Å². The van der Waals surface area contributed by atoms with Crippen LogP contribution in [-0.2, 0) is 11.8 Å². The Balaban J connectivity index is 0.000000447. The SMILES string of the molecule is CC(=O)O.COc1ccc2nc3c(C)c4ccn(C)c(C)c4cc3c2c1. The molecule has 0 saturated heterocycles. The summed E-state index contributed by atoms with van der Waals surface area (Å²) in [6.45, 7) is 5.40. The fraction of sp³-hybridized carbons (Fsp3) is 0.238. The number of fused-ring (bicyclic) bond motifs is 4. The molecular formula is C21H22N2O3. The van der Waals surface area contributed by atoms with E-state index in [0.717, 1.165) is 29.1 Å². The number of carbonyl (C=O) groups is 1. The van der Waals surface area contributed by atoms with Crippen LogP contribution < -0.4 is 4.74 Å².